The van der Waals surface area contributed by atoms with Crippen LogP contribution < -0.4 is 5.32 Å². The first-order valence-corrected chi connectivity index (χ1v) is 7.98. The molecule has 1 aromatic carbocycles. The highest BCUT2D eigenvalue weighted by Crippen LogP contribution is 2.20. The first-order valence-electron chi connectivity index (χ1n) is 7.98. The molecule has 1 unspecified atom stereocenters. The zero-order valence-electron chi connectivity index (χ0n) is 12.5. The first-order chi connectivity index (χ1) is 9.85. The van der Waals surface area contributed by atoms with Crippen LogP contribution in [0.5, 0.6) is 0 Å². The van der Waals surface area contributed by atoms with Gasteiger partial charge in [0.2, 0.25) is 0 Å². The second-order valence-corrected chi connectivity index (χ2v) is 6.08. The van der Waals surface area contributed by atoms with Gasteiger partial charge in [0, 0.05) is 31.7 Å². The van der Waals surface area contributed by atoms with Crippen LogP contribution in [0.1, 0.15) is 37.3 Å². The Morgan fingerprint density at radius 1 is 1.30 bits per heavy atom. The molecule has 0 bridgehead atoms. The van der Waals surface area contributed by atoms with Gasteiger partial charge >= 0.3 is 0 Å². The van der Waals surface area contributed by atoms with Crippen molar-refractivity contribution < 1.29 is 4.74 Å². The average molecular weight is 274 g/mol. The molecule has 3 rings (SSSR count). The molecule has 1 aliphatic carbocycles. The van der Waals surface area contributed by atoms with E-state index in [2.05, 4.69) is 41.4 Å². The van der Waals surface area contributed by atoms with E-state index < -0.39 is 0 Å². The fraction of sp³-hybridized carbons (Fsp3) is 0.647. The number of nitrogens with one attached hydrogen (secondary N) is 1. The molecule has 3 nitrogen and oxygen atoms in total. The van der Waals surface area contributed by atoms with E-state index in [1.807, 2.05) is 0 Å². The predicted molar refractivity (Wildman–Crippen MR) is 81.6 cm³/mol. The molecule has 1 saturated heterocycles. The maximum Gasteiger partial charge on any atom is 0.0622 e. The summed E-state index contributed by atoms with van der Waals surface area (Å²) in [6.45, 7) is 7.14. The van der Waals surface area contributed by atoms with Crippen LogP contribution in [0.2, 0.25) is 0 Å². The van der Waals surface area contributed by atoms with E-state index in [0.29, 0.717) is 6.04 Å². The van der Waals surface area contributed by atoms with Crippen LogP contribution in [0.25, 0.3) is 0 Å². The summed E-state index contributed by atoms with van der Waals surface area (Å²) in [5.74, 6) is 0. The third kappa shape index (κ3) is 3.81. The minimum atomic E-state index is 0.581. The molecule has 3 heteroatoms. The summed E-state index contributed by atoms with van der Waals surface area (Å²) in [5, 5.41) is 3.59. The molecule has 0 aromatic heterocycles. The normalized spacial score (nSPS) is 23.9. The topological polar surface area (TPSA) is 24.5 Å². The van der Waals surface area contributed by atoms with Crippen LogP contribution >= 0.6 is 0 Å². The minimum Gasteiger partial charge on any atom is -0.378 e. The van der Waals surface area contributed by atoms with Crippen LogP contribution in [0.3, 0.4) is 0 Å². The molecule has 1 heterocycles. The third-order valence-electron chi connectivity index (χ3n) is 4.37. The number of morpholine rings is 1. The van der Waals surface area contributed by atoms with Crippen LogP contribution in [0.15, 0.2) is 24.3 Å². The highest BCUT2D eigenvalue weighted by molar-refractivity contribution is 5.23. The van der Waals surface area contributed by atoms with Gasteiger partial charge < -0.3 is 10.1 Å². The highest BCUT2D eigenvalue weighted by atomic mass is 16.5. The molecule has 20 heavy (non-hydrogen) atoms. The SMILES string of the molecule is CCC1COCCN1Cc1cccc(CNC2CC2)c1. The smallest absolute Gasteiger partial charge is 0.0622 e. The molecule has 1 aliphatic heterocycles. The van der Waals surface area contributed by atoms with Gasteiger partial charge in [-0.15, -0.1) is 0 Å². The lowest BCUT2D eigenvalue weighted by Gasteiger charge is -2.35. The fourth-order valence-electron chi connectivity index (χ4n) is 2.90. The van der Waals surface area contributed by atoms with E-state index in [0.717, 1.165) is 38.9 Å². The number of hydrogen-bond donors (Lipinski definition) is 1. The molecule has 1 atom stereocenters. The summed E-state index contributed by atoms with van der Waals surface area (Å²) >= 11 is 0. The molecule has 1 N–H and O–H groups in total. The standard InChI is InChI=1S/C17H26N2O/c1-2-17-13-20-9-8-19(17)12-15-5-3-4-14(10-15)11-18-16-6-7-16/h3-5,10,16-18H,2,6-9,11-13H2,1H3. The maximum absolute atomic E-state index is 5.58. The molecule has 1 saturated carbocycles. The quantitative estimate of drug-likeness (QED) is 0.863. The van der Waals surface area contributed by atoms with Gasteiger partial charge in [-0.1, -0.05) is 31.2 Å². The van der Waals surface area contributed by atoms with E-state index in [-0.39, 0.29) is 0 Å². The summed E-state index contributed by atoms with van der Waals surface area (Å²) in [6, 6.07) is 10.4. The first kappa shape index (κ1) is 14.1. The molecular formula is C17H26N2O. The summed E-state index contributed by atoms with van der Waals surface area (Å²) in [4.78, 5) is 2.57. The lowest BCUT2D eigenvalue weighted by molar-refractivity contribution is -0.0127. The molecule has 2 fully saturated rings. The molecule has 2 aliphatic rings. The van der Waals surface area contributed by atoms with Gasteiger partial charge in [-0.05, 0) is 30.4 Å². The molecular weight excluding hydrogens is 248 g/mol. The van der Waals surface area contributed by atoms with E-state index in [1.165, 1.54) is 30.4 Å². The Morgan fingerprint density at radius 3 is 2.95 bits per heavy atom. The zero-order valence-corrected chi connectivity index (χ0v) is 12.5. The number of nitrogens with zero attached hydrogens (tertiary/aromatic N) is 1. The molecule has 0 radical (unpaired) electrons. The predicted octanol–water partition coefficient (Wildman–Crippen LogP) is 2.55. The Balaban J connectivity index is 1.59. The summed E-state index contributed by atoms with van der Waals surface area (Å²) in [7, 11) is 0. The van der Waals surface area contributed by atoms with Crippen molar-refractivity contribution >= 4 is 0 Å². The van der Waals surface area contributed by atoms with E-state index in [9.17, 15) is 0 Å². The van der Waals surface area contributed by atoms with Gasteiger partial charge in [-0.2, -0.15) is 0 Å². The van der Waals surface area contributed by atoms with Gasteiger partial charge in [0.1, 0.15) is 0 Å². The van der Waals surface area contributed by atoms with E-state index >= 15 is 0 Å². The Morgan fingerprint density at radius 2 is 2.15 bits per heavy atom. The van der Waals surface area contributed by atoms with Gasteiger partial charge in [0.05, 0.1) is 13.2 Å². The monoisotopic (exact) mass is 274 g/mol. The van der Waals surface area contributed by atoms with Gasteiger partial charge in [0.15, 0.2) is 0 Å². The second kappa shape index (κ2) is 6.70. The number of hydrogen-bond acceptors (Lipinski definition) is 3. The van der Waals surface area contributed by atoms with Gasteiger partial charge in [-0.3, -0.25) is 4.90 Å². The number of rotatable bonds is 6. The highest BCUT2D eigenvalue weighted by Gasteiger charge is 2.22. The van der Waals surface area contributed by atoms with Crippen molar-refractivity contribution in [3.05, 3.63) is 35.4 Å². The molecule has 0 amide bonds. The van der Waals surface area contributed by atoms with Crippen LogP contribution in [0.4, 0.5) is 0 Å². The Kier molecular flexibility index (Phi) is 4.71. The van der Waals surface area contributed by atoms with Crippen LogP contribution in [0, 0.1) is 0 Å². The molecule has 1 aromatic rings. The Bertz CT molecular complexity index is 431. The lowest BCUT2D eigenvalue weighted by atomic mass is 10.1. The van der Waals surface area contributed by atoms with Crippen molar-refractivity contribution in [1.29, 1.82) is 0 Å². The molecule has 0 spiro atoms. The van der Waals surface area contributed by atoms with Crippen molar-refractivity contribution in [2.45, 2.75) is 51.4 Å². The second-order valence-electron chi connectivity index (χ2n) is 6.08. The van der Waals surface area contributed by atoms with Crippen molar-refractivity contribution in [2.24, 2.45) is 0 Å². The molecule has 110 valence electrons. The van der Waals surface area contributed by atoms with E-state index in [4.69, 9.17) is 4.74 Å². The largest absolute Gasteiger partial charge is 0.378 e. The zero-order chi connectivity index (χ0) is 13.8. The summed E-state index contributed by atoms with van der Waals surface area (Å²) < 4.78 is 5.58. The van der Waals surface area contributed by atoms with Gasteiger partial charge in [-0.25, -0.2) is 0 Å². The lowest BCUT2D eigenvalue weighted by Crippen LogP contribution is -2.44. The van der Waals surface area contributed by atoms with Crippen LogP contribution in [-0.2, 0) is 17.8 Å². The van der Waals surface area contributed by atoms with Gasteiger partial charge in [0.25, 0.3) is 0 Å². The van der Waals surface area contributed by atoms with Crippen LogP contribution in [-0.4, -0.2) is 36.7 Å². The van der Waals surface area contributed by atoms with Crippen molar-refractivity contribution in [2.75, 3.05) is 19.8 Å². The minimum absolute atomic E-state index is 0.581. The Hall–Kier alpha value is -0.900. The van der Waals surface area contributed by atoms with Crippen molar-refractivity contribution in [3.63, 3.8) is 0 Å². The Labute approximate surface area is 122 Å². The number of ether oxygens (including phenoxy) is 1. The summed E-state index contributed by atoms with van der Waals surface area (Å²) in [6.07, 6.45) is 3.88. The third-order valence-corrected chi connectivity index (χ3v) is 4.37. The van der Waals surface area contributed by atoms with E-state index in [1.54, 1.807) is 0 Å². The maximum atomic E-state index is 5.58. The number of benzene rings is 1. The average Bonchev–Trinajstić information content (AvgIpc) is 3.30. The fourth-order valence-corrected chi connectivity index (χ4v) is 2.90. The van der Waals surface area contributed by atoms with Crippen molar-refractivity contribution in [1.82, 2.24) is 10.2 Å². The van der Waals surface area contributed by atoms with Crippen molar-refractivity contribution in [3.8, 4) is 0 Å². The summed E-state index contributed by atoms with van der Waals surface area (Å²) in [5.41, 5.74) is 2.84.